The number of nitrogens with one attached hydrogen (secondary N) is 1. The van der Waals surface area contributed by atoms with E-state index in [-0.39, 0.29) is 5.60 Å². The van der Waals surface area contributed by atoms with Gasteiger partial charge < -0.3 is 10.1 Å². The summed E-state index contributed by atoms with van der Waals surface area (Å²) in [6, 6.07) is 0. The highest BCUT2D eigenvalue weighted by molar-refractivity contribution is 4.78. The van der Waals surface area contributed by atoms with Gasteiger partial charge in [0.15, 0.2) is 0 Å². The molecule has 2 atom stereocenters. The SMILES string of the molecule is CCCNCC(C)(CC)OC(C)CC(C)C. The third-order valence-electron chi connectivity index (χ3n) is 2.96. The fourth-order valence-corrected chi connectivity index (χ4v) is 1.98. The average Bonchev–Trinajstić information content (AvgIpc) is 2.16. The van der Waals surface area contributed by atoms with Crippen LogP contribution in [0.3, 0.4) is 0 Å². The maximum atomic E-state index is 6.18. The van der Waals surface area contributed by atoms with E-state index in [0.29, 0.717) is 12.0 Å². The van der Waals surface area contributed by atoms with E-state index >= 15 is 0 Å². The van der Waals surface area contributed by atoms with E-state index in [9.17, 15) is 0 Å². The second-order valence-electron chi connectivity index (χ2n) is 5.54. The highest BCUT2D eigenvalue weighted by Gasteiger charge is 2.25. The summed E-state index contributed by atoms with van der Waals surface area (Å²) < 4.78 is 6.18. The van der Waals surface area contributed by atoms with Gasteiger partial charge in [-0.1, -0.05) is 27.7 Å². The molecular weight excluding hydrogens is 198 g/mol. The molecule has 0 heterocycles. The van der Waals surface area contributed by atoms with Crippen LogP contribution < -0.4 is 5.32 Å². The molecule has 0 aromatic rings. The molecule has 0 fully saturated rings. The van der Waals surface area contributed by atoms with Gasteiger partial charge in [-0.15, -0.1) is 0 Å². The molecule has 0 saturated carbocycles. The van der Waals surface area contributed by atoms with E-state index in [1.54, 1.807) is 0 Å². The normalized spacial score (nSPS) is 17.4. The topological polar surface area (TPSA) is 21.3 Å². The van der Waals surface area contributed by atoms with E-state index in [4.69, 9.17) is 4.74 Å². The summed E-state index contributed by atoms with van der Waals surface area (Å²) in [6.45, 7) is 15.3. The second-order valence-corrected chi connectivity index (χ2v) is 5.54. The molecule has 2 heteroatoms. The van der Waals surface area contributed by atoms with Gasteiger partial charge in [0, 0.05) is 6.54 Å². The molecule has 16 heavy (non-hydrogen) atoms. The summed E-state index contributed by atoms with van der Waals surface area (Å²) in [5.41, 5.74) is -0.0104. The van der Waals surface area contributed by atoms with Gasteiger partial charge in [0.25, 0.3) is 0 Å². The van der Waals surface area contributed by atoms with E-state index < -0.39 is 0 Å². The van der Waals surface area contributed by atoms with Crippen molar-refractivity contribution in [2.24, 2.45) is 5.92 Å². The summed E-state index contributed by atoms with van der Waals surface area (Å²) >= 11 is 0. The van der Waals surface area contributed by atoms with Crippen LogP contribution in [0.5, 0.6) is 0 Å². The zero-order chi connectivity index (χ0) is 12.6. The molecule has 0 amide bonds. The minimum atomic E-state index is -0.0104. The summed E-state index contributed by atoms with van der Waals surface area (Å²) in [4.78, 5) is 0. The highest BCUT2D eigenvalue weighted by atomic mass is 16.5. The van der Waals surface area contributed by atoms with E-state index in [1.807, 2.05) is 0 Å². The first-order valence-electron chi connectivity index (χ1n) is 6.82. The Morgan fingerprint density at radius 1 is 1.19 bits per heavy atom. The van der Waals surface area contributed by atoms with E-state index in [0.717, 1.165) is 25.9 Å². The molecule has 0 radical (unpaired) electrons. The minimum absolute atomic E-state index is 0.0104. The first-order valence-corrected chi connectivity index (χ1v) is 6.82. The Bertz CT molecular complexity index is 170. The van der Waals surface area contributed by atoms with Crippen LogP contribution in [-0.4, -0.2) is 24.8 Å². The third kappa shape index (κ3) is 7.24. The number of hydrogen-bond donors (Lipinski definition) is 1. The molecule has 0 aromatic heterocycles. The molecule has 0 aromatic carbocycles. The largest absolute Gasteiger partial charge is 0.371 e. The summed E-state index contributed by atoms with van der Waals surface area (Å²) in [5, 5.41) is 3.46. The molecule has 0 aliphatic carbocycles. The number of ether oxygens (including phenoxy) is 1. The van der Waals surface area contributed by atoms with Gasteiger partial charge >= 0.3 is 0 Å². The summed E-state index contributed by atoms with van der Waals surface area (Å²) in [6.07, 6.45) is 3.74. The van der Waals surface area contributed by atoms with Crippen molar-refractivity contribution in [2.75, 3.05) is 13.1 Å². The van der Waals surface area contributed by atoms with Gasteiger partial charge in [0.1, 0.15) is 0 Å². The molecule has 0 aliphatic rings. The van der Waals surface area contributed by atoms with Crippen LogP contribution in [0.2, 0.25) is 0 Å². The molecule has 0 bridgehead atoms. The molecule has 0 rings (SSSR count). The lowest BCUT2D eigenvalue weighted by Crippen LogP contribution is -2.42. The van der Waals surface area contributed by atoms with Crippen LogP contribution in [-0.2, 0) is 4.74 Å². The highest BCUT2D eigenvalue weighted by Crippen LogP contribution is 2.20. The fourth-order valence-electron chi connectivity index (χ4n) is 1.98. The van der Waals surface area contributed by atoms with Crippen molar-refractivity contribution in [1.29, 1.82) is 0 Å². The Hall–Kier alpha value is -0.0800. The third-order valence-corrected chi connectivity index (χ3v) is 2.96. The van der Waals surface area contributed by atoms with Gasteiger partial charge in [-0.2, -0.15) is 0 Å². The van der Waals surface area contributed by atoms with Crippen molar-refractivity contribution < 1.29 is 4.74 Å². The van der Waals surface area contributed by atoms with E-state index in [2.05, 4.69) is 46.9 Å². The lowest BCUT2D eigenvalue weighted by molar-refractivity contribution is -0.0821. The van der Waals surface area contributed by atoms with Gasteiger partial charge in [-0.05, 0) is 45.6 Å². The molecule has 2 unspecified atom stereocenters. The fraction of sp³-hybridized carbons (Fsp3) is 1.00. The van der Waals surface area contributed by atoms with Crippen molar-refractivity contribution in [3.05, 3.63) is 0 Å². The van der Waals surface area contributed by atoms with Crippen molar-refractivity contribution in [3.8, 4) is 0 Å². The Balaban J connectivity index is 4.03. The molecule has 0 spiro atoms. The number of rotatable bonds is 9. The number of hydrogen-bond acceptors (Lipinski definition) is 2. The van der Waals surface area contributed by atoms with E-state index in [1.165, 1.54) is 6.42 Å². The van der Waals surface area contributed by atoms with Crippen LogP contribution in [0.15, 0.2) is 0 Å². The van der Waals surface area contributed by atoms with Crippen LogP contribution in [0.25, 0.3) is 0 Å². The van der Waals surface area contributed by atoms with Crippen molar-refractivity contribution in [3.63, 3.8) is 0 Å². The molecule has 98 valence electrons. The summed E-state index contributed by atoms with van der Waals surface area (Å²) in [7, 11) is 0. The average molecular weight is 229 g/mol. The molecule has 1 N–H and O–H groups in total. The van der Waals surface area contributed by atoms with Crippen LogP contribution >= 0.6 is 0 Å². The lowest BCUT2D eigenvalue weighted by Gasteiger charge is -2.33. The molecule has 0 saturated heterocycles. The van der Waals surface area contributed by atoms with Crippen molar-refractivity contribution >= 4 is 0 Å². The maximum absolute atomic E-state index is 6.18. The zero-order valence-electron chi connectivity index (χ0n) is 12.1. The Morgan fingerprint density at radius 3 is 2.25 bits per heavy atom. The van der Waals surface area contributed by atoms with Crippen LogP contribution in [0.1, 0.15) is 60.8 Å². The van der Waals surface area contributed by atoms with Crippen molar-refractivity contribution in [2.45, 2.75) is 72.5 Å². The predicted octanol–water partition coefficient (Wildman–Crippen LogP) is 3.61. The lowest BCUT2D eigenvalue weighted by atomic mass is 10.0. The predicted molar refractivity (Wildman–Crippen MR) is 71.9 cm³/mol. The Labute approximate surface area is 102 Å². The van der Waals surface area contributed by atoms with Gasteiger partial charge in [-0.3, -0.25) is 0 Å². The second kappa shape index (κ2) is 8.08. The summed E-state index contributed by atoms with van der Waals surface area (Å²) in [5.74, 6) is 0.708. The standard InChI is InChI=1S/C14H31NO/c1-7-9-15-11-14(6,8-2)16-13(5)10-12(3)4/h12-13,15H,7-11H2,1-6H3. The van der Waals surface area contributed by atoms with Gasteiger partial charge in [0.05, 0.1) is 11.7 Å². The maximum Gasteiger partial charge on any atom is 0.0779 e. The van der Waals surface area contributed by atoms with Crippen LogP contribution in [0.4, 0.5) is 0 Å². The quantitative estimate of drug-likeness (QED) is 0.610. The first kappa shape index (κ1) is 15.9. The molecule has 0 aliphatic heterocycles. The van der Waals surface area contributed by atoms with Crippen molar-refractivity contribution in [1.82, 2.24) is 5.32 Å². The molecule has 2 nitrogen and oxygen atoms in total. The molecular formula is C14H31NO. The van der Waals surface area contributed by atoms with Crippen LogP contribution in [0, 0.1) is 5.92 Å². The van der Waals surface area contributed by atoms with Gasteiger partial charge in [-0.25, -0.2) is 0 Å². The zero-order valence-corrected chi connectivity index (χ0v) is 12.1. The smallest absolute Gasteiger partial charge is 0.0779 e. The van der Waals surface area contributed by atoms with Gasteiger partial charge in [0.2, 0.25) is 0 Å². The Kier molecular flexibility index (Phi) is 8.04. The monoisotopic (exact) mass is 229 g/mol. The minimum Gasteiger partial charge on any atom is -0.371 e. The Morgan fingerprint density at radius 2 is 1.81 bits per heavy atom. The first-order chi connectivity index (χ1) is 7.43.